The van der Waals surface area contributed by atoms with Gasteiger partial charge >= 0.3 is 8.80 Å². The Balaban J connectivity index is 3.87. The maximum absolute atomic E-state index is 11.8. The SMILES string of the molecule is CCCCC[CH]CCC(=O)NCCC[Si](OCC)(OCC)OCC. The number of carbonyl (C=O) groups is 1. The first-order valence-electron chi connectivity index (χ1n) is 9.64. The Morgan fingerprint density at radius 3 is 2.08 bits per heavy atom. The van der Waals surface area contributed by atoms with Crippen LogP contribution in [0.5, 0.6) is 0 Å². The Bertz CT molecular complexity index is 286. The lowest BCUT2D eigenvalue weighted by Crippen LogP contribution is -2.46. The Labute approximate surface area is 150 Å². The predicted molar refractivity (Wildman–Crippen MR) is 101 cm³/mol. The van der Waals surface area contributed by atoms with Crippen LogP contribution in [0.1, 0.15) is 72.6 Å². The minimum absolute atomic E-state index is 0.123. The van der Waals surface area contributed by atoms with Gasteiger partial charge in [0.1, 0.15) is 0 Å². The number of nitrogens with one attached hydrogen (secondary N) is 1. The van der Waals surface area contributed by atoms with Gasteiger partial charge in [0.15, 0.2) is 0 Å². The van der Waals surface area contributed by atoms with Crippen molar-refractivity contribution in [2.24, 2.45) is 0 Å². The monoisotopic (exact) mass is 360 g/mol. The summed E-state index contributed by atoms with van der Waals surface area (Å²) in [5.41, 5.74) is 0. The maximum atomic E-state index is 11.8. The third-order valence-electron chi connectivity index (χ3n) is 3.66. The van der Waals surface area contributed by atoms with Crippen LogP contribution >= 0.6 is 0 Å². The van der Waals surface area contributed by atoms with E-state index >= 15 is 0 Å². The molecule has 0 saturated carbocycles. The van der Waals surface area contributed by atoms with E-state index in [1.165, 1.54) is 19.3 Å². The molecule has 1 radical (unpaired) electrons. The number of unbranched alkanes of at least 4 members (excludes halogenated alkanes) is 5. The van der Waals surface area contributed by atoms with Crippen LogP contribution in [0.3, 0.4) is 0 Å². The van der Waals surface area contributed by atoms with E-state index in [2.05, 4.69) is 18.7 Å². The number of amides is 1. The molecule has 0 fully saturated rings. The summed E-state index contributed by atoms with van der Waals surface area (Å²) in [5.74, 6) is 0.123. The molecule has 0 aliphatic rings. The molecule has 0 atom stereocenters. The number of carbonyl (C=O) groups excluding carboxylic acids is 1. The lowest BCUT2D eigenvalue weighted by Gasteiger charge is -2.28. The van der Waals surface area contributed by atoms with E-state index in [1.807, 2.05) is 20.8 Å². The highest BCUT2D eigenvalue weighted by molar-refractivity contribution is 6.60. The highest BCUT2D eigenvalue weighted by atomic mass is 28.4. The molecule has 0 spiro atoms. The smallest absolute Gasteiger partial charge is 0.374 e. The van der Waals surface area contributed by atoms with Gasteiger partial charge in [-0.15, -0.1) is 0 Å². The van der Waals surface area contributed by atoms with Gasteiger partial charge in [-0.3, -0.25) is 4.79 Å². The van der Waals surface area contributed by atoms with Crippen molar-refractivity contribution < 1.29 is 18.1 Å². The van der Waals surface area contributed by atoms with Crippen molar-refractivity contribution in [3.05, 3.63) is 6.42 Å². The normalized spacial score (nSPS) is 11.7. The summed E-state index contributed by atoms with van der Waals surface area (Å²) in [5, 5.41) is 2.98. The first-order valence-corrected chi connectivity index (χ1v) is 11.6. The van der Waals surface area contributed by atoms with Gasteiger partial charge in [-0.1, -0.05) is 32.6 Å². The van der Waals surface area contributed by atoms with Crippen molar-refractivity contribution in [2.45, 2.75) is 78.7 Å². The molecule has 5 nitrogen and oxygen atoms in total. The van der Waals surface area contributed by atoms with Crippen LogP contribution in [0.4, 0.5) is 0 Å². The van der Waals surface area contributed by atoms with Crippen LogP contribution < -0.4 is 5.32 Å². The van der Waals surface area contributed by atoms with Crippen molar-refractivity contribution in [3.63, 3.8) is 0 Å². The average Bonchev–Trinajstić information content (AvgIpc) is 2.56. The second-order valence-electron chi connectivity index (χ2n) is 5.76. The van der Waals surface area contributed by atoms with Crippen molar-refractivity contribution in [1.82, 2.24) is 5.32 Å². The van der Waals surface area contributed by atoms with Crippen LogP contribution in [0.2, 0.25) is 6.04 Å². The first-order chi connectivity index (χ1) is 11.6. The molecule has 1 amide bonds. The van der Waals surface area contributed by atoms with E-state index in [-0.39, 0.29) is 5.91 Å². The third kappa shape index (κ3) is 12.0. The molecule has 0 saturated heterocycles. The molecule has 0 aromatic rings. The predicted octanol–water partition coefficient (Wildman–Crippen LogP) is 4.11. The molecular weight excluding hydrogens is 322 g/mol. The summed E-state index contributed by atoms with van der Waals surface area (Å²) in [7, 11) is -2.57. The standard InChI is InChI=1S/C18H38NO4Si/c1-5-9-10-11-12-13-15-18(20)19-16-14-17-24(21-6-2,22-7-3)23-8-4/h12H,5-11,13-17H2,1-4H3,(H,19,20). The number of hydrogen-bond acceptors (Lipinski definition) is 4. The molecule has 6 heteroatoms. The largest absolute Gasteiger partial charge is 0.500 e. The fourth-order valence-electron chi connectivity index (χ4n) is 2.54. The van der Waals surface area contributed by atoms with Crippen LogP contribution in [0, 0.1) is 6.42 Å². The molecule has 143 valence electrons. The van der Waals surface area contributed by atoms with Crippen LogP contribution in [-0.4, -0.2) is 41.1 Å². The molecule has 1 N–H and O–H groups in total. The fourth-order valence-corrected chi connectivity index (χ4v) is 5.15. The van der Waals surface area contributed by atoms with Gasteiger partial charge < -0.3 is 18.6 Å². The molecule has 0 bridgehead atoms. The fraction of sp³-hybridized carbons (Fsp3) is 0.889. The number of hydrogen-bond donors (Lipinski definition) is 1. The third-order valence-corrected chi connectivity index (χ3v) is 6.81. The van der Waals surface area contributed by atoms with Gasteiger partial charge in [-0.2, -0.15) is 0 Å². The van der Waals surface area contributed by atoms with Gasteiger partial charge in [-0.25, -0.2) is 0 Å². The lowest BCUT2D eigenvalue weighted by atomic mass is 10.1. The molecule has 0 aliphatic carbocycles. The molecule has 0 rings (SSSR count). The summed E-state index contributed by atoms with van der Waals surface area (Å²) in [6.07, 6.45) is 9.36. The molecular formula is C18H38NO4Si. The molecule has 0 aromatic heterocycles. The summed E-state index contributed by atoms with van der Waals surface area (Å²) < 4.78 is 17.4. The van der Waals surface area contributed by atoms with Crippen LogP contribution in [0.25, 0.3) is 0 Å². The first kappa shape index (κ1) is 23.6. The molecule has 0 aromatic carbocycles. The quantitative estimate of drug-likeness (QED) is 0.313. The molecule has 0 unspecified atom stereocenters. The van der Waals surface area contributed by atoms with Gasteiger partial charge in [0.2, 0.25) is 5.91 Å². The van der Waals surface area contributed by atoms with E-state index < -0.39 is 8.80 Å². The zero-order valence-corrected chi connectivity index (χ0v) is 17.2. The van der Waals surface area contributed by atoms with Crippen LogP contribution in [-0.2, 0) is 18.1 Å². The Hall–Kier alpha value is -0.433. The van der Waals surface area contributed by atoms with E-state index in [9.17, 15) is 4.79 Å². The van der Waals surface area contributed by atoms with Crippen molar-refractivity contribution in [1.29, 1.82) is 0 Å². The lowest BCUT2D eigenvalue weighted by molar-refractivity contribution is -0.121. The highest BCUT2D eigenvalue weighted by Crippen LogP contribution is 2.17. The van der Waals surface area contributed by atoms with Gasteiger partial charge in [0.25, 0.3) is 0 Å². The molecule has 0 heterocycles. The van der Waals surface area contributed by atoms with Crippen LogP contribution in [0.15, 0.2) is 0 Å². The maximum Gasteiger partial charge on any atom is 0.500 e. The van der Waals surface area contributed by atoms with E-state index in [1.54, 1.807) is 0 Å². The van der Waals surface area contributed by atoms with Crippen molar-refractivity contribution in [3.8, 4) is 0 Å². The second-order valence-corrected chi connectivity index (χ2v) is 8.49. The van der Waals surface area contributed by atoms with E-state index in [0.717, 1.165) is 25.3 Å². The second kappa shape index (κ2) is 16.1. The Morgan fingerprint density at radius 2 is 1.54 bits per heavy atom. The Kier molecular flexibility index (Phi) is 15.8. The van der Waals surface area contributed by atoms with Gasteiger partial charge in [0.05, 0.1) is 0 Å². The average molecular weight is 361 g/mol. The zero-order valence-electron chi connectivity index (χ0n) is 16.2. The zero-order chi connectivity index (χ0) is 18.1. The minimum atomic E-state index is -2.57. The molecule has 0 aliphatic heterocycles. The summed E-state index contributed by atoms with van der Waals surface area (Å²) >= 11 is 0. The van der Waals surface area contributed by atoms with Crippen molar-refractivity contribution >= 4 is 14.7 Å². The summed E-state index contributed by atoms with van der Waals surface area (Å²) in [6.45, 7) is 10.5. The van der Waals surface area contributed by atoms with E-state index in [0.29, 0.717) is 32.8 Å². The van der Waals surface area contributed by atoms with Crippen molar-refractivity contribution in [2.75, 3.05) is 26.4 Å². The topological polar surface area (TPSA) is 56.8 Å². The molecule has 24 heavy (non-hydrogen) atoms. The highest BCUT2D eigenvalue weighted by Gasteiger charge is 2.39. The summed E-state index contributed by atoms with van der Waals surface area (Å²) in [4.78, 5) is 11.8. The van der Waals surface area contributed by atoms with Gasteiger partial charge in [-0.05, 0) is 40.0 Å². The van der Waals surface area contributed by atoms with Gasteiger partial charge in [0, 0.05) is 38.8 Å². The van der Waals surface area contributed by atoms with E-state index in [4.69, 9.17) is 13.3 Å². The summed E-state index contributed by atoms with van der Waals surface area (Å²) in [6, 6.07) is 0.742. The minimum Gasteiger partial charge on any atom is -0.374 e. The number of rotatable bonds is 17. The Morgan fingerprint density at radius 1 is 0.917 bits per heavy atom.